The van der Waals surface area contributed by atoms with E-state index in [0.29, 0.717) is 0 Å². The Balaban J connectivity index is 2.54. The number of carbonyl (C=O) groups excluding carboxylic acids is 2. The molecule has 0 aliphatic carbocycles. The highest BCUT2D eigenvalue weighted by Gasteiger charge is 2.28. The van der Waals surface area contributed by atoms with Gasteiger partial charge in [-0.25, -0.2) is 18.0 Å². The molecule has 0 aromatic carbocycles. The number of rotatable bonds is 5. The first-order chi connectivity index (χ1) is 9.21. The van der Waals surface area contributed by atoms with Gasteiger partial charge in [-0.1, -0.05) is 0 Å². The Kier molecular flexibility index (Phi) is 5.31. The number of sulfone groups is 1. The van der Waals surface area contributed by atoms with Crippen LogP contribution in [-0.2, 0) is 19.4 Å². The summed E-state index contributed by atoms with van der Waals surface area (Å²) in [7, 11) is -3.11. The van der Waals surface area contributed by atoms with Crippen LogP contribution in [0.3, 0.4) is 0 Å². The van der Waals surface area contributed by atoms with Gasteiger partial charge in [0.1, 0.15) is 6.04 Å². The molecule has 1 rings (SSSR count). The Morgan fingerprint density at radius 1 is 1.25 bits per heavy atom. The molecule has 0 aromatic heterocycles. The Morgan fingerprint density at radius 2 is 1.80 bits per heavy atom. The molecule has 0 spiro atoms. The van der Waals surface area contributed by atoms with E-state index in [9.17, 15) is 22.8 Å². The van der Waals surface area contributed by atoms with Crippen molar-refractivity contribution in [3.8, 4) is 0 Å². The quantitative estimate of drug-likeness (QED) is 0.543. The zero-order valence-electron chi connectivity index (χ0n) is 10.7. The fourth-order valence-electron chi connectivity index (χ4n) is 1.70. The minimum absolute atomic E-state index is 0.0241. The topological polar surface area (TPSA) is 147 Å². The van der Waals surface area contributed by atoms with Crippen molar-refractivity contribution in [2.75, 3.05) is 24.6 Å². The SMILES string of the molecule is NC(=O)CC[C@H](NC(=O)N1CCS(=O)(=O)CC1)C(=O)O. The van der Waals surface area contributed by atoms with Crippen molar-refractivity contribution in [3.63, 3.8) is 0 Å². The summed E-state index contributed by atoms with van der Waals surface area (Å²) in [6.45, 7) is 0.0483. The largest absolute Gasteiger partial charge is 0.480 e. The van der Waals surface area contributed by atoms with Crippen LogP contribution in [0.15, 0.2) is 0 Å². The number of nitrogens with one attached hydrogen (secondary N) is 1. The lowest BCUT2D eigenvalue weighted by Crippen LogP contribution is -2.52. The number of primary amides is 1. The predicted octanol–water partition coefficient (Wildman–Crippen LogP) is -1.85. The highest BCUT2D eigenvalue weighted by atomic mass is 32.2. The van der Waals surface area contributed by atoms with Crippen LogP contribution in [-0.4, -0.2) is 67.0 Å². The minimum Gasteiger partial charge on any atom is -0.480 e. The molecule has 1 atom stereocenters. The van der Waals surface area contributed by atoms with Crippen LogP contribution in [0, 0.1) is 0 Å². The van der Waals surface area contributed by atoms with Gasteiger partial charge in [0.05, 0.1) is 11.5 Å². The molecule has 3 amide bonds. The van der Waals surface area contributed by atoms with Gasteiger partial charge in [0.25, 0.3) is 0 Å². The zero-order chi connectivity index (χ0) is 15.3. The standard InChI is InChI=1S/C10H17N3O6S/c11-8(14)2-1-7(9(15)16)12-10(17)13-3-5-20(18,19)6-4-13/h7H,1-6H2,(H2,11,14)(H,12,17)(H,15,16)/t7-/m0/s1. The third kappa shape index (κ3) is 5.03. The van der Waals surface area contributed by atoms with E-state index >= 15 is 0 Å². The maximum Gasteiger partial charge on any atom is 0.326 e. The maximum atomic E-state index is 11.8. The van der Waals surface area contributed by atoms with Crippen LogP contribution in [0.2, 0.25) is 0 Å². The second kappa shape index (κ2) is 6.55. The molecular weight excluding hydrogens is 290 g/mol. The number of hydrogen-bond acceptors (Lipinski definition) is 5. The third-order valence-electron chi connectivity index (χ3n) is 2.91. The first-order valence-electron chi connectivity index (χ1n) is 5.98. The molecule has 4 N–H and O–H groups in total. The van der Waals surface area contributed by atoms with Crippen LogP contribution in [0.5, 0.6) is 0 Å². The minimum atomic E-state index is -3.11. The van der Waals surface area contributed by atoms with Gasteiger partial charge >= 0.3 is 12.0 Å². The van der Waals surface area contributed by atoms with Gasteiger partial charge in [-0.05, 0) is 6.42 Å². The molecule has 9 nitrogen and oxygen atoms in total. The van der Waals surface area contributed by atoms with Gasteiger partial charge in [0.15, 0.2) is 9.84 Å². The van der Waals surface area contributed by atoms with Gasteiger partial charge in [-0.3, -0.25) is 4.79 Å². The molecule has 0 aromatic rings. The average Bonchev–Trinajstić information content (AvgIpc) is 2.33. The summed E-state index contributed by atoms with van der Waals surface area (Å²) in [6, 6.07) is -1.88. The molecule has 0 saturated carbocycles. The van der Waals surface area contributed by atoms with E-state index in [-0.39, 0.29) is 37.4 Å². The molecule has 20 heavy (non-hydrogen) atoms. The highest BCUT2D eigenvalue weighted by Crippen LogP contribution is 2.05. The van der Waals surface area contributed by atoms with Crippen molar-refractivity contribution < 1.29 is 27.9 Å². The van der Waals surface area contributed by atoms with Crippen molar-refractivity contribution >= 4 is 27.7 Å². The molecule has 0 bridgehead atoms. The smallest absolute Gasteiger partial charge is 0.326 e. The van der Waals surface area contributed by atoms with Gasteiger partial charge in [-0.15, -0.1) is 0 Å². The Bertz CT molecular complexity index is 489. The molecule has 1 aliphatic rings. The van der Waals surface area contributed by atoms with E-state index in [1.165, 1.54) is 4.90 Å². The van der Waals surface area contributed by atoms with E-state index < -0.39 is 33.8 Å². The molecule has 1 saturated heterocycles. The number of carboxylic acid groups (broad SMARTS) is 1. The second-order valence-electron chi connectivity index (χ2n) is 4.48. The number of aliphatic carboxylic acids is 1. The number of nitrogens with two attached hydrogens (primary N) is 1. The third-order valence-corrected chi connectivity index (χ3v) is 4.52. The summed E-state index contributed by atoms with van der Waals surface area (Å²) in [5.41, 5.74) is 4.92. The molecule has 10 heteroatoms. The highest BCUT2D eigenvalue weighted by molar-refractivity contribution is 7.91. The summed E-state index contributed by atoms with van der Waals surface area (Å²) in [5.74, 6) is -2.21. The van der Waals surface area contributed by atoms with Crippen molar-refractivity contribution in [3.05, 3.63) is 0 Å². The fraction of sp³-hybridized carbons (Fsp3) is 0.700. The van der Waals surface area contributed by atoms with Crippen LogP contribution in [0.1, 0.15) is 12.8 Å². The van der Waals surface area contributed by atoms with Crippen LogP contribution in [0.25, 0.3) is 0 Å². The van der Waals surface area contributed by atoms with Crippen molar-refractivity contribution in [2.24, 2.45) is 5.73 Å². The van der Waals surface area contributed by atoms with Gasteiger partial charge in [0, 0.05) is 19.5 Å². The van der Waals surface area contributed by atoms with Crippen LogP contribution >= 0.6 is 0 Å². The fourth-order valence-corrected chi connectivity index (χ4v) is 2.90. The van der Waals surface area contributed by atoms with Crippen molar-refractivity contribution in [1.82, 2.24) is 10.2 Å². The van der Waals surface area contributed by atoms with E-state index in [1.54, 1.807) is 0 Å². The Morgan fingerprint density at radius 3 is 2.25 bits per heavy atom. The number of nitrogens with zero attached hydrogens (tertiary/aromatic N) is 1. The number of hydrogen-bond donors (Lipinski definition) is 3. The van der Waals surface area contributed by atoms with E-state index in [2.05, 4.69) is 5.32 Å². The number of carboxylic acids is 1. The molecule has 114 valence electrons. The molecular formula is C10H17N3O6S. The molecule has 1 fully saturated rings. The first-order valence-corrected chi connectivity index (χ1v) is 7.80. The molecule has 0 unspecified atom stereocenters. The van der Waals surface area contributed by atoms with E-state index in [1.807, 2.05) is 0 Å². The molecule has 1 heterocycles. The Hall–Kier alpha value is -1.84. The zero-order valence-corrected chi connectivity index (χ0v) is 11.6. The molecule has 0 radical (unpaired) electrons. The van der Waals surface area contributed by atoms with Gasteiger partial charge < -0.3 is 21.1 Å². The number of urea groups is 1. The summed E-state index contributed by atoms with van der Waals surface area (Å²) >= 11 is 0. The predicted molar refractivity (Wildman–Crippen MR) is 68.6 cm³/mol. The lowest BCUT2D eigenvalue weighted by molar-refractivity contribution is -0.139. The van der Waals surface area contributed by atoms with Gasteiger partial charge in [-0.2, -0.15) is 0 Å². The van der Waals surface area contributed by atoms with Crippen molar-refractivity contribution in [1.29, 1.82) is 0 Å². The van der Waals surface area contributed by atoms with Gasteiger partial charge in [0.2, 0.25) is 5.91 Å². The summed E-state index contributed by atoms with van der Waals surface area (Å²) in [4.78, 5) is 34.6. The summed E-state index contributed by atoms with van der Waals surface area (Å²) in [6.07, 6.45) is -0.270. The molecule has 1 aliphatic heterocycles. The number of carbonyl (C=O) groups is 3. The van der Waals surface area contributed by atoms with Crippen LogP contribution in [0.4, 0.5) is 4.79 Å². The maximum absolute atomic E-state index is 11.8. The average molecular weight is 307 g/mol. The second-order valence-corrected chi connectivity index (χ2v) is 6.79. The normalized spacial score (nSPS) is 19.1. The Labute approximate surface area is 116 Å². The first kappa shape index (κ1) is 16.2. The van der Waals surface area contributed by atoms with E-state index in [4.69, 9.17) is 10.8 Å². The van der Waals surface area contributed by atoms with Crippen molar-refractivity contribution in [2.45, 2.75) is 18.9 Å². The summed E-state index contributed by atoms with van der Waals surface area (Å²) < 4.78 is 22.4. The lowest BCUT2D eigenvalue weighted by Gasteiger charge is -2.28. The number of amides is 3. The monoisotopic (exact) mass is 307 g/mol. The van der Waals surface area contributed by atoms with E-state index in [0.717, 1.165) is 0 Å². The van der Waals surface area contributed by atoms with Crippen LogP contribution < -0.4 is 11.1 Å². The lowest BCUT2D eigenvalue weighted by atomic mass is 10.1. The summed E-state index contributed by atoms with van der Waals surface area (Å²) in [5, 5.41) is 11.2.